The van der Waals surface area contributed by atoms with Gasteiger partial charge in [0, 0.05) is 28.8 Å². The molecule has 7 nitrogen and oxygen atoms in total. The number of hydrogen-bond acceptors (Lipinski definition) is 6. The largest absolute Gasteiger partial charge is 0.371 e. The lowest BCUT2D eigenvalue weighted by Gasteiger charge is -2.16. The first-order valence-corrected chi connectivity index (χ1v) is 13.1. The number of amides is 1. The molecule has 0 radical (unpaired) electrons. The number of fused-ring (bicyclic) bond motifs is 1. The second-order valence-electron chi connectivity index (χ2n) is 7.58. The number of carbonyl (C=O) groups excluding carboxylic acids is 1. The highest BCUT2D eigenvalue weighted by Crippen LogP contribution is 2.28. The third kappa shape index (κ3) is 5.43. The maximum Gasteiger partial charge on any atom is 0.265 e. The average molecular weight is 563 g/mol. The minimum Gasteiger partial charge on any atom is -0.371 e. The van der Waals surface area contributed by atoms with E-state index in [-0.39, 0.29) is 15.5 Å². The molecule has 1 amide bonds. The van der Waals surface area contributed by atoms with Crippen molar-refractivity contribution in [3.63, 3.8) is 0 Å². The average Bonchev–Trinajstić information content (AvgIpc) is 3.21. The van der Waals surface area contributed by atoms with Gasteiger partial charge in [0.15, 0.2) is 5.75 Å². The lowest BCUT2D eigenvalue weighted by molar-refractivity contribution is 0.0981. The van der Waals surface area contributed by atoms with E-state index in [1.54, 1.807) is 6.21 Å². The Hall–Kier alpha value is -2.88. The van der Waals surface area contributed by atoms with Crippen LogP contribution in [0.25, 0.3) is 0 Å². The molecule has 0 unspecified atom stereocenters. The van der Waals surface area contributed by atoms with Crippen molar-refractivity contribution in [2.45, 2.75) is 18.2 Å². The molecule has 3 aromatic rings. The predicted octanol–water partition coefficient (Wildman–Crippen LogP) is 5.02. The van der Waals surface area contributed by atoms with Gasteiger partial charge in [-0.15, -0.1) is 0 Å². The molecule has 1 N–H and O–H groups in total. The number of rotatable bonds is 7. The van der Waals surface area contributed by atoms with Gasteiger partial charge in [-0.25, -0.2) is 13.1 Å². The first-order chi connectivity index (χ1) is 16.3. The van der Waals surface area contributed by atoms with E-state index in [0.29, 0.717) is 10.2 Å². The van der Waals surface area contributed by atoms with E-state index in [4.69, 9.17) is 16.4 Å². The number of sulfonamides is 1. The van der Waals surface area contributed by atoms with Crippen LogP contribution in [0.15, 0.2) is 75.2 Å². The number of hydrogen-bond donors (Lipinski definition) is 1. The fourth-order valence-electron chi connectivity index (χ4n) is 3.64. The van der Waals surface area contributed by atoms with Gasteiger partial charge in [0.1, 0.15) is 4.90 Å². The van der Waals surface area contributed by atoms with Crippen LogP contribution in [0.5, 0.6) is 5.75 Å². The van der Waals surface area contributed by atoms with E-state index in [2.05, 4.69) is 45.0 Å². The Morgan fingerprint density at radius 1 is 1.18 bits per heavy atom. The Labute approximate surface area is 211 Å². The number of benzene rings is 3. The van der Waals surface area contributed by atoms with Gasteiger partial charge >= 0.3 is 0 Å². The van der Waals surface area contributed by atoms with Gasteiger partial charge in [0.2, 0.25) is 0 Å². The highest BCUT2D eigenvalue weighted by molar-refractivity contribution is 9.10. The summed E-state index contributed by atoms with van der Waals surface area (Å²) in [5.74, 6) is -0.377. The zero-order chi connectivity index (χ0) is 24.3. The predicted molar refractivity (Wildman–Crippen MR) is 137 cm³/mol. The molecule has 34 heavy (non-hydrogen) atoms. The molecule has 0 fully saturated rings. The number of oxime groups is 1. The van der Waals surface area contributed by atoms with Crippen LogP contribution in [0.4, 0.5) is 5.69 Å². The van der Waals surface area contributed by atoms with Crippen molar-refractivity contribution in [3.8, 4) is 5.75 Å². The smallest absolute Gasteiger partial charge is 0.265 e. The van der Waals surface area contributed by atoms with E-state index in [0.717, 1.165) is 25.1 Å². The Balaban J connectivity index is 1.38. The van der Waals surface area contributed by atoms with E-state index >= 15 is 0 Å². The van der Waals surface area contributed by atoms with Crippen LogP contribution in [0.3, 0.4) is 0 Å². The molecule has 0 aromatic heterocycles. The molecule has 1 heterocycles. The number of anilines is 1. The van der Waals surface area contributed by atoms with E-state index in [9.17, 15) is 13.2 Å². The van der Waals surface area contributed by atoms with Gasteiger partial charge in [0.25, 0.3) is 15.9 Å². The van der Waals surface area contributed by atoms with Crippen molar-refractivity contribution in [2.24, 2.45) is 5.16 Å². The molecular weight excluding hydrogens is 542 g/mol. The Kier molecular flexibility index (Phi) is 7.25. The number of nitrogens with zero attached hydrogens (tertiary/aromatic N) is 2. The van der Waals surface area contributed by atoms with Crippen molar-refractivity contribution in [1.29, 1.82) is 0 Å². The van der Waals surface area contributed by atoms with E-state index in [1.807, 2.05) is 10.8 Å². The number of nitrogens with one attached hydrogen (secondary N) is 1. The molecule has 0 saturated heterocycles. The maximum absolute atomic E-state index is 12.5. The summed E-state index contributed by atoms with van der Waals surface area (Å²) in [5.41, 5.74) is 3.64. The molecule has 0 bridgehead atoms. The standard InChI is InChI=1S/C24H21BrClN3O4S/c1-2-29-12-11-18-13-16(3-9-22(18)29)15-27-33-20-7-4-17(5-8-20)24(30)28-34(31,32)23-10-6-19(25)14-21(23)26/h3-10,13-15H,2,11-12H2,1H3,(H,28,30)/b27-15+. The third-order valence-corrected chi connectivity index (χ3v) is 7.67. The monoisotopic (exact) mass is 561 g/mol. The molecule has 4 rings (SSSR count). The second kappa shape index (κ2) is 10.2. The van der Waals surface area contributed by atoms with Crippen LogP contribution in [0.2, 0.25) is 5.02 Å². The van der Waals surface area contributed by atoms with Gasteiger partial charge in [-0.05, 0) is 79.1 Å². The SMILES string of the molecule is CCN1CCc2cc(/C=N/Oc3ccc(C(=O)NS(=O)(=O)c4ccc(Br)cc4Cl)cc3)ccc21. The summed E-state index contributed by atoms with van der Waals surface area (Å²) < 4.78 is 27.7. The lowest BCUT2D eigenvalue weighted by atomic mass is 10.1. The van der Waals surface area contributed by atoms with Crippen molar-refractivity contribution in [1.82, 2.24) is 4.72 Å². The van der Waals surface area contributed by atoms with E-state index in [1.165, 1.54) is 53.7 Å². The van der Waals surface area contributed by atoms with Gasteiger partial charge in [-0.2, -0.15) is 0 Å². The van der Waals surface area contributed by atoms with Crippen LogP contribution in [0, 0.1) is 0 Å². The van der Waals surface area contributed by atoms with Crippen molar-refractivity contribution in [3.05, 3.63) is 86.8 Å². The zero-order valence-electron chi connectivity index (χ0n) is 18.2. The van der Waals surface area contributed by atoms with Crippen LogP contribution in [-0.2, 0) is 16.4 Å². The summed E-state index contributed by atoms with van der Waals surface area (Å²) >= 11 is 9.22. The summed E-state index contributed by atoms with van der Waals surface area (Å²) in [6, 6.07) is 16.4. The molecule has 0 spiro atoms. The summed E-state index contributed by atoms with van der Waals surface area (Å²) in [6.45, 7) is 4.16. The molecule has 1 aliphatic rings. The van der Waals surface area contributed by atoms with Crippen LogP contribution >= 0.6 is 27.5 Å². The molecule has 0 atom stereocenters. The van der Waals surface area contributed by atoms with Gasteiger partial charge < -0.3 is 9.74 Å². The summed E-state index contributed by atoms with van der Waals surface area (Å²) in [4.78, 5) is 20.0. The van der Waals surface area contributed by atoms with Crippen molar-refractivity contribution < 1.29 is 18.0 Å². The van der Waals surface area contributed by atoms with E-state index < -0.39 is 15.9 Å². The second-order valence-corrected chi connectivity index (χ2v) is 10.6. The van der Waals surface area contributed by atoms with Crippen molar-refractivity contribution >= 4 is 55.4 Å². The molecule has 0 aliphatic carbocycles. The van der Waals surface area contributed by atoms with Crippen LogP contribution in [0.1, 0.15) is 28.4 Å². The quantitative estimate of drug-likeness (QED) is 0.323. The number of halogens is 2. The third-order valence-electron chi connectivity index (χ3n) is 5.36. The molecule has 3 aromatic carbocycles. The summed E-state index contributed by atoms with van der Waals surface area (Å²) in [5, 5.41) is 4.02. The van der Waals surface area contributed by atoms with Gasteiger partial charge in [-0.3, -0.25) is 4.79 Å². The van der Waals surface area contributed by atoms with Crippen molar-refractivity contribution in [2.75, 3.05) is 18.0 Å². The maximum atomic E-state index is 12.5. The van der Waals surface area contributed by atoms with Gasteiger partial charge in [0.05, 0.1) is 11.2 Å². The molecule has 0 saturated carbocycles. The molecule has 1 aliphatic heterocycles. The fourth-order valence-corrected chi connectivity index (χ4v) is 5.66. The minimum atomic E-state index is -4.13. The minimum absolute atomic E-state index is 0.00217. The zero-order valence-corrected chi connectivity index (χ0v) is 21.3. The Morgan fingerprint density at radius 3 is 2.65 bits per heavy atom. The number of carbonyl (C=O) groups is 1. The highest BCUT2D eigenvalue weighted by Gasteiger charge is 2.22. The summed E-state index contributed by atoms with van der Waals surface area (Å²) in [7, 11) is -4.13. The Morgan fingerprint density at radius 2 is 1.94 bits per heavy atom. The number of likely N-dealkylation sites (N-methyl/N-ethyl adjacent to an activating group) is 1. The fraction of sp³-hybridized carbons (Fsp3) is 0.167. The van der Waals surface area contributed by atoms with Crippen LogP contribution in [-0.4, -0.2) is 33.6 Å². The summed E-state index contributed by atoms with van der Waals surface area (Å²) in [6.07, 6.45) is 2.64. The first kappa shape index (κ1) is 24.3. The molecule has 176 valence electrons. The Bertz CT molecular complexity index is 1360. The van der Waals surface area contributed by atoms with Crippen LogP contribution < -0.4 is 14.5 Å². The molecular formula is C24H21BrClN3O4S. The normalized spacial score (nSPS) is 13.2. The topological polar surface area (TPSA) is 88.1 Å². The first-order valence-electron chi connectivity index (χ1n) is 10.5. The van der Waals surface area contributed by atoms with Gasteiger partial charge in [-0.1, -0.05) is 38.8 Å². The molecule has 10 heteroatoms. The lowest BCUT2D eigenvalue weighted by Crippen LogP contribution is -2.30. The highest BCUT2D eigenvalue weighted by atomic mass is 79.9.